The van der Waals surface area contributed by atoms with Gasteiger partial charge in [0, 0.05) is 6.54 Å². The summed E-state index contributed by atoms with van der Waals surface area (Å²) in [5, 5.41) is 3.27. The summed E-state index contributed by atoms with van der Waals surface area (Å²) < 4.78 is 24.8. The van der Waals surface area contributed by atoms with Gasteiger partial charge >= 0.3 is 6.03 Å². The van der Waals surface area contributed by atoms with E-state index in [4.69, 9.17) is 9.47 Å². The van der Waals surface area contributed by atoms with Crippen molar-refractivity contribution in [2.24, 2.45) is 5.92 Å². The van der Waals surface area contributed by atoms with Crippen molar-refractivity contribution in [2.45, 2.75) is 44.2 Å². The molecular formula is C24H27FN2O3. The molecule has 1 N–H and O–H groups in total. The van der Waals surface area contributed by atoms with Gasteiger partial charge in [-0.3, -0.25) is 0 Å². The summed E-state index contributed by atoms with van der Waals surface area (Å²) in [6, 6.07) is 12.4. The van der Waals surface area contributed by atoms with Crippen molar-refractivity contribution < 1.29 is 18.7 Å². The van der Waals surface area contributed by atoms with Crippen LogP contribution >= 0.6 is 0 Å². The van der Waals surface area contributed by atoms with Crippen LogP contribution in [-0.2, 0) is 0 Å². The third-order valence-electron chi connectivity index (χ3n) is 6.59. The molecule has 0 aromatic heterocycles. The average molecular weight is 410 g/mol. The second-order valence-electron chi connectivity index (χ2n) is 8.42. The number of carbonyl (C=O) groups is 1. The summed E-state index contributed by atoms with van der Waals surface area (Å²) in [4.78, 5) is 15.2. The number of likely N-dealkylation sites (tertiary alicyclic amines) is 1. The second-order valence-corrected chi connectivity index (χ2v) is 8.42. The fourth-order valence-electron chi connectivity index (χ4n) is 4.76. The minimum absolute atomic E-state index is 0.0242. The first-order valence-electron chi connectivity index (χ1n) is 10.9. The summed E-state index contributed by atoms with van der Waals surface area (Å²) in [5.41, 5.74) is 2.05. The minimum atomic E-state index is -0.254. The monoisotopic (exact) mass is 410 g/mol. The van der Waals surface area contributed by atoms with E-state index in [0.29, 0.717) is 19.1 Å². The molecule has 1 aliphatic carbocycles. The average Bonchev–Trinajstić information content (AvgIpc) is 3.22. The van der Waals surface area contributed by atoms with Gasteiger partial charge in [-0.15, -0.1) is 0 Å². The van der Waals surface area contributed by atoms with Crippen LogP contribution < -0.4 is 14.8 Å². The van der Waals surface area contributed by atoms with Crippen LogP contribution in [0.15, 0.2) is 42.5 Å². The predicted octanol–water partition coefficient (Wildman–Crippen LogP) is 4.98. The molecule has 2 unspecified atom stereocenters. The highest BCUT2D eigenvalue weighted by Crippen LogP contribution is 2.40. The van der Waals surface area contributed by atoms with Crippen LogP contribution in [0.5, 0.6) is 11.5 Å². The number of ether oxygens (including phenoxy) is 2. The number of benzene rings is 2. The van der Waals surface area contributed by atoms with Crippen molar-refractivity contribution in [1.82, 2.24) is 10.2 Å². The maximum absolute atomic E-state index is 13.4. The molecule has 30 heavy (non-hydrogen) atoms. The molecule has 2 amide bonds. The highest BCUT2D eigenvalue weighted by atomic mass is 19.1. The molecule has 1 saturated heterocycles. The van der Waals surface area contributed by atoms with Crippen LogP contribution in [0, 0.1) is 11.7 Å². The molecular weight excluding hydrogens is 383 g/mol. The number of fused-ring (bicyclic) bond motifs is 1. The van der Waals surface area contributed by atoms with Gasteiger partial charge in [0.1, 0.15) is 19.0 Å². The predicted molar refractivity (Wildman–Crippen MR) is 111 cm³/mol. The Morgan fingerprint density at radius 1 is 1.00 bits per heavy atom. The zero-order chi connectivity index (χ0) is 20.5. The number of amides is 2. The van der Waals surface area contributed by atoms with Gasteiger partial charge in [-0.05, 0) is 67.0 Å². The van der Waals surface area contributed by atoms with Crippen LogP contribution in [0.1, 0.15) is 55.3 Å². The molecule has 6 heteroatoms. The van der Waals surface area contributed by atoms with Gasteiger partial charge < -0.3 is 19.7 Å². The highest BCUT2D eigenvalue weighted by Gasteiger charge is 2.35. The summed E-state index contributed by atoms with van der Waals surface area (Å²) in [5.74, 6) is 1.68. The first kappa shape index (κ1) is 19.2. The standard InChI is InChI=1S/C24H27FN2O3/c25-19-9-6-17(7-10-19)23(16-3-1-4-16)26-24(28)27-12-2-5-20(27)18-8-11-21-22(15-18)30-14-13-29-21/h6-11,15-16,20,23H,1-5,12-14H2,(H,26,28). The quantitative estimate of drug-likeness (QED) is 0.773. The topological polar surface area (TPSA) is 50.8 Å². The van der Waals surface area contributed by atoms with Gasteiger partial charge in [0.15, 0.2) is 11.5 Å². The van der Waals surface area contributed by atoms with E-state index in [-0.39, 0.29) is 23.9 Å². The first-order chi connectivity index (χ1) is 14.7. The Bertz CT molecular complexity index is 913. The molecule has 158 valence electrons. The zero-order valence-corrected chi connectivity index (χ0v) is 17.0. The maximum atomic E-state index is 13.4. The van der Waals surface area contributed by atoms with Crippen molar-refractivity contribution in [2.75, 3.05) is 19.8 Å². The lowest BCUT2D eigenvalue weighted by atomic mass is 9.77. The van der Waals surface area contributed by atoms with E-state index in [9.17, 15) is 9.18 Å². The van der Waals surface area contributed by atoms with E-state index in [1.165, 1.54) is 18.6 Å². The summed E-state index contributed by atoms with van der Waals surface area (Å²) in [6.45, 7) is 1.84. The normalized spacial score (nSPS) is 21.8. The lowest BCUT2D eigenvalue weighted by Gasteiger charge is -2.36. The van der Waals surface area contributed by atoms with E-state index < -0.39 is 0 Å². The molecule has 0 bridgehead atoms. The number of carbonyl (C=O) groups excluding carboxylic acids is 1. The van der Waals surface area contributed by atoms with Crippen LogP contribution in [0.4, 0.5) is 9.18 Å². The van der Waals surface area contributed by atoms with Crippen molar-refractivity contribution in [3.05, 3.63) is 59.4 Å². The SMILES string of the molecule is O=C(NC(c1ccc(F)cc1)C1CCC1)N1CCCC1c1ccc2c(c1)OCCO2. The fourth-order valence-corrected chi connectivity index (χ4v) is 4.76. The summed E-state index contributed by atoms with van der Waals surface area (Å²) in [7, 11) is 0. The number of nitrogens with one attached hydrogen (secondary N) is 1. The smallest absolute Gasteiger partial charge is 0.318 e. The number of nitrogens with zero attached hydrogens (tertiary/aromatic N) is 1. The largest absolute Gasteiger partial charge is 0.486 e. The van der Waals surface area contributed by atoms with Crippen molar-refractivity contribution >= 4 is 6.03 Å². The van der Waals surface area contributed by atoms with E-state index in [0.717, 1.165) is 54.9 Å². The molecule has 0 radical (unpaired) electrons. The molecule has 0 spiro atoms. The van der Waals surface area contributed by atoms with E-state index in [2.05, 4.69) is 5.32 Å². The molecule has 2 aliphatic heterocycles. The summed E-state index contributed by atoms with van der Waals surface area (Å²) in [6.07, 6.45) is 5.26. The van der Waals surface area contributed by atoms with Gasteiger partial charge in [-0.1, -0.05) is 24.6 Å². The minimum Gasteiger partial charge on any atom is -0.486 e. The van der Waals surface area contributed by atoms with Gasteiger partial charge in [0.05, 0.1) is 12.1 Å². The number of hydrogen-bond donors (Lipinski definition) is 1. The van der Waals surface area contributed by atoms with Crippen LogP contribution in [0.2, 0.25) is 0 Å². The molecule has 1 saturated carbocycles. The molecule has 2 aromatic rings. The maximum Gasteiger partial charge on any atom is 0.318 e. The van der Waals surface area contributed by atoms with Crippen LogP contribution in [0.25, 0.3) is 0 Å². The molecule has 2 aromatic carbocycles. The highest BCUT2D eigenvalue weighted by molar-refractivity contribution is 5.76. The van der Waals surface area contributed by atoms with Crippen molar-refractivity contribution in [3.63, 3.8) is 0 Å². The van der Waals surface area contributed by atoms with E-state index in [1.54, 1.807) is 12.1 Å². The Balaban J connectivity index is 1.34. The Hall–Kier alpha value is -2.76. The Kier molecular flexibility index (Phi) is 5.23. The fraction of sp³-hybridized carbons (Fsp3) is 0.458. The molecule has 2 heterocycles. The van der Waals surface area contributed by atoms with Crippen LogP contribution in [-0.4, -0.2) is 30.7 Å². The number of halogens is 1. The van der Waals surface area contributed by atoms with Crippen LogP contribution in [0.3, 0.4) is 0 Å². The van der Waals surface area contributed by atoms with Crippen molar-refractivity contribution in [3.8, 4) is 11.5 Å². The lowest BCUT2D eigenvalue weighted by molar-refractivity contribution is 0.167. The first-order valence-corrected chi connectivity index (χ1v) is 10.9. The zero-order valence-electron chi connectivity index (χ0n) is 17.0. The van der Waals surface area contributed by atoms with E-state index >= 15 is 0 Å². The van der Waals surface area contributed by atoms with Gasteiger partial charge in [-0.2, -0.15) is 0 Å². The second kappa shape index (κ2) is 8.17. The molecule has 2 fully saturated rings. The third-order valence-corrected chi connectivity index (χ3v) is 6.59. The molecule has 2 atom stereocenters. The van der Waals surface area contributed by atoms with Crippen molar-refractivity contribution in [1.29, 1.82) is 0 Å². The molecule has 3 aliphatic rings. The van der Waals surface area contributed by atoms with Gasteiger partial charge in [0.25, 0.3) is 0 Å². The lowest BCUT2D eigenvalue weighted by Crippen LogP contribution is -2.44. The van der Waals surface area contributed by atoms with Gasteiger partial charge in [0.2, 0.25) is 0 Å². The number of hydrogen-bond acceptors (Lipinski definition) is 3. The summed E-state index contributed by atoms with van der Waals surface area (Å²) >= 11 is 0. The van der Waals surface area contributed by atoms with E-state index in [1.807, 2.05) is 23.1 Å². The van der Waals surface area contributed by atoms with Gasteiger partial charge in [-0.25, -0.2) is 9.18 Å². The molecule has 5 rings (SSSR count). The number of rotatable bonds is 4. The number of urea groups is 1. The third kappa shape index (κ3) is 3.71. The Morgan fingerprint density at radius 2 is 1.77 bits per heavy atom. The molecule has 5 nitrogen and oxygen atoms in total. The Morgan fingerprint density at radius 3 is 2.50 bits per heavy atom. The Labute approximate surface area is 176 Å².